The largest absolute Gasteiger partial charge is 0.310 e. The molecule has 1 saturated carbocycles. The average molecular weight is 331 g/mol. The van der Waals surface area contributed by atoms with Crippen LogP contribution < -0.4 is 10.0 Å². The highest BCUT2D eigenvalue weighted by Crippen LogP contribution is 2.38. The highest BCUT2D eigenvalue weighted by molar-refractivity contribution is 7.89. The molecule has 4 nitrogen and oxygen atoms in total. The van der Waals surface area contributed by atoms with E-state index >= 15 is 0 Å². The highest BCUT2D eigenvalue weighted by Gasteiger charge is 2.37. The second kappa shape index (κ2) is 6.36. The van der Waals surface area contributed by atoms with Crippen LogP contribution in [-0.2, 0) is 16.6 Å². The van der Waals surface area contributed by atoms with E-state index < -0.39 is 10.0 Å². The minimum atomic E-state index is -3.43. The first-order valence-electron chi connectivity index (χ1n) is 7.54. The van der Waals surface area contributed by atoms with E-state index in [1.54, 1.807) is 6.07 Å². The van der Waals surface area contributed by atoms with Crippen molar-refractivity contribution in [3.05, 3.63) is 16.3 Å². The zero-order chi connectivity index (χ0) is 15.7. The van der Waals surface area contributed by atoms with Gasteiger partial charge in [-0.15, -0.1) is 11.3 Å². The van der Waals surface area contributed by atoms with Gasteiger partial charge in [0.05, 0.1) is 4.90 Å². The van der Waals surface area contributed by atoms with Gasteiger partial charge >= 0.3 is 0 Å². The van der Waals surface area contributed by atoms with E-state index in [4.69, 9.17) is 0 Å². The summed E-state index contributed by atoms with van der Waals surface area (Å²) in [4.78, 5) is 1.32. The Morgan fingerprint density at radius 3 is 2.71 bits per heavy atom. The van der Waals surface area contributed by atoms with Gasteiger partial charge in [0.2, 0.25) is 10.0 Å². The first kappa shape index (κ1) is 16.9. The summed E-state index contributed by atoms with van der Waals surface area (Å²) in [5.41, 5.74) is 0.0411. The Kier molecular flexibility index (Phi) is 5.13. The Hall–Kier alpha value is -0.430. The van der Waals surface area contributed by atoms with E-state index in [2.05, 4.69) is 37.7 Å². The molecule has 0 spiro atoms. The number of nitrogens with one attached hydrogen (secondary N) is 2. The van der Waals surface area contributed by atoms with Crippen molar-refractivity contribution in [2.75, 3.05) is 0 Å². The van der Waals surface area contributed by atoms with Crippen molar-refractivity contribution in [3.8, 4) is 0 Å². The molecule has 1 heterocycles. The summed E-state index contributed by atoms with van der Waals surface area (Å²) < 4.78 is 28.3. The molecule has 1 fully saturated rings. The Balaban J connectivity index is 2.15. The molecule has 2 N–H and O–H groups in total. The van der Waals surface area contributed by atoms with Crippen LogP contribution in [0.25, 0.3) is 0 Å². The van der Waals surface area contributed by atoms with Crippen LogP contribution in [-0.4, -0.2) is 20.5 Å². The number of rotatable bonds is 6. The van der Waals surface area contributed by atoms with Crippen molar-refractivity contribution in [2.45, 2.75) is 70.5 Å². The SMILES string of the molecule is CC(C)NCc1sccc1S(=O)(=O)NC1CCCC1(C)C. The van der Waals surface area contributed by atoms with Crippen LogP contribution >= 0.6 is 11.3 Å². The predicted molar refractivity (Wildman–Crippen MR) is 88.0 cm³/mol. The lowest BCUT2D eigenvalue weighted by Gasteiger charge is -2.27. The summed E-state index contributed by atoms with van der Waals surface area (Å²) in [7, 11) is -3.43. The second-order valence-electron chi connectivity index (χ2n) is 6.80. The lowest BCUT2D eigenvalue weighted by atomic mass is 9.88. The van der Waals surface area contributed by atoms with Crippen LogP contribution in [0.3, 0.4) is 0 Å². The molecular formula is C15H26N2O2S2. The fourth-order valence-corrected chi connectivity index (χ4v) is 5.63. The first-order chi connectivity index (χ1) is 9.72. The predicted octanol–water partition coefficient (Wildman–Crippen LogP) is 3.10. The Labute approximate surface area is 132 Å². The molecule has 0 aliphatic heterocycles. The highest BCUT2D eigenvalue weighted by atomic mass is 32.2. The third-order valence-electron chi connectivity index (χ3n) is 4.22. The van der Waals surface area contributed by atoms with Gasteiger partial charge in [0.15, 0.2) is 0 Å². The molecule has 1 aromatic heterocycles. The number of hydrogen-bond donors (Lipinski definition) is 2. The van der Waals surface area contributed by atoms with Crippen LogP contribution in [0.1, 0.15) is 51.8 Å². The Morgan fingerprint density at radius 2 is 2.14 bits per heavy atom. The van der Waals surface area contributed by atoms with E-state index in [-0.39, 0.29) is 11.5 Å². The fourth-order valence-electron chi connectivity index (χ4n) is 2.79. The minimum absolute atomic E-state index is 0.0355. The smallest absolute Gasteiger partial charge is 0.241 e. The minimum Gasteiger partial charge on any atom is -0.310 e. The van der Waals surface area contributed by atoms with Crippen molar-refractivity contribution in [1.82, 2.24) is 10.0 Å². The van der Waals surface area contributed by atoms with Crippen LogP contribution in [0.2, 0.25) is 0 Å². The molecule has 0 saturated heterocycles. The van der Waals surface area contributed by atoms with Gasteiger partial charge in [-0.3, -0.25) is 0 Å². The molecule has 0 radical (unpaired) electrons. The van der Waals surface area contributed by atoms with Gasteiger partial charge in [0, 0.05) is 23.5 Å². The summed E-state index contributed by atoms with van der Waals surface area (Å²) in [5, 5.41) is 5.14. The van der Waals surface area contributed by atoms with Crippen LogP contribution in [0, 0.1) is 5.41 Å². The molecule has 21 heavy (non-hydrogen) atoms. The Bertz CT molecular complexity index is 576. The maximum Gasteiger partial charge on any atom is 0.241 e. The molecule has 6 heteroatoms. The number of sulfonamides is 1. The molecule has 0 bridgehead atoms. The summed E-state index contributed by atoms with van der Waals surface area (Å²) in [6.07, 6.45) is 3.09. The van der Waals surface area contributed by atoms with E-state index in [1.165, 1.54) is 11.3 Å². The molecule has 1 atom stereocenters. The number of thiophene rings is 1. The topological polar surface area (TPSA) is 58.2 Å². The molecule has 1 aromatic rings. The lowest BCUT2D eigenvalue weighted by Crippen LogP contribution is -2.41. The summed E-state index contributed by atoms with van der Waals surface area (Å²) in [5.74, 6) is 0. The second-order valence-corrected chi connectivity index (χ2v) is 9.48. The molecule has 1 unspecified atom stereocenters. The van der Waals surface area contributed by atoms with E-state index in [1.807, 2.05) is 5.38 Å². The third kappa shape index (κ3) is 4.06. The molecule has 0 amide bonds. The zero-order valence-electron chi connectivity index (χ0n) is 13.3. The van der Waals surface area contributed by atoms with E-state index in [9.17, 15) is 8.42 Å². The average Bonchev–Trinajstić information content (AvgIpc) is 2.94. The quantitative estimate of drug-likeness (QED) is 0.842. The molecular weight excluding hydrogens is 304 g/mol. The normalized spacial score (nSPS) is 22.0. The third-order valence-corrected chi connectivity index (χ3v) is 6.83. The van der Waals surface area contributed by atoms with Gasteiger partial charge in [0.1, 0.15) is 0 Å². The lowest BCUT2D eigenvalue weighted by molar-refractivity contribution is 0.313. The van der Waals surface area contributed by atoms with Gasteiger partial charge in [-0.2, -0.15) is 0 Å². The summed E-state index contributed by atoms with van der Waals surface area (Å²) >= 11 is 1.49. The van der Waals surface area contributed by atoms with Gasteiger partial charge in [-0.25, -0.2) is 13.1 Å². The molecule has 1 aliphatic rings. The van der Waals surface area contributed by atoms with Crippen molar-refractivity contribution < 1.29 is 8.42 Å². The Morgan fingerprint density at radius 1 is 1.43 bits per heavy atom. The zero-order valence-corrected chi connectivity index (χ0v) is 14.9. The fraction of sp³-hybridized carbons (Fsp3) is 0.733. The van der Waals surface area contributed by atoms with Crippen LogP contribution in [0.15, 0.2) is 16.3 Å². The van der Waals surface area contributed by atoms with Gasteiger partial charge in [-0.05, 0) is 29.7 Å². The van der Waals surface area contributed by atoms with Crippen molar-refractivity contribution in [2.24, 2.45) is 5.41 Å². The standard InChI is InChI=1S/C15H26N2O2S2/c1-11(2)16-10-12-13(7-9-20-12)21(18,19)17-14-6-5-8-15(14,3)4/h7,9,11,14,16-17H,5-6,8,10H2,1-4H3. The summed E-state index contributed by atoms with van der Waals surface area (Å²) in [6.45, 7) is 8.99. The van der Waals surface area contributed by atoms with Gasteiger partial charge < -0.3 is 5.32 Å². The van der Waals surface area contributed by atoms with Crippen LogP contribution in [0.5, 0.6) is 0 Å². The molecule has 1 aliphatic carbocycles. The van der Waals surface area contributed by atoms with E-state index in [0.29, 0.717) is 17.5 Å². The maximum absolute atomic E-state index is 12.7. The van der Waals surface area contributed by atoms with Gasteiger partial charge in [-0.1, -0.05) is 34.1 Å². The number of hydrogen-bond acceptors (Lipinski definition) is 4. The monoisotopic (exact) mass is 330 g/mol. The molecule has 0 aromatic carbocycles. The maximum atomic E-state index is 12.7. The van der Waals surface area contributed by atoms with Crippen molar-refractivity contribution >= 4 is 21.4 Å². The first-order valence-corrected chi connectivity index (χ1v) is 9.91. The molecule has 120 valence electrons. The van der Waals surface area contributed by atoms with Crippen molar-refractivity contribution in [3.63, 3.8) is 0 Å². The molecule has 2 rings (SSSR count). The summed E-state index contributed by atoms with van der Waals surface area (Å²) in [6, 6.07) is 2.09. The van der Waals surface area contributed by atoms with Gasteiger partial charge in [0.25, 0.3) is 0 Å². The van der Waals surface area contributed by atoms with Crippen molar-refractivity contribution in [1.29, 1.82) is 0 Å². The van der Waals surface area contributed by atoms with Crippen LogP contribution in [0.4, 0.5) is 0 Å². The van der Waals surface area contributed by atoms with E-state index in [0.717, 1.165) is 24.1 Å².